The Hall–Kier alpha value is -1.02. The van der Waals surface area contributed by atoms with E-state index in [0.717, 1.165) is 38.5 Å². The molecule has 3 unspecified atom stereocenters. The first-order valence-electron chi connectivity index (χ1n) is 20.7. The zero-order chi connectivity index (χ0) is 37.2. The number of quaternary nitrogens is 1. The average molecular weight is 730 g/mol. The van der Waals surface area contributed by atoms with Crippen LogP contribution in [0.4, 0.5) is 0 Å². The highest BCUT2D eigenvalue weighted by Crippen LogP contribution is 2.43. The maximum atomic E-state index is 12.8. The monoisotopic (exact) mass is 730 g/mol. The summed E-state index contributed by atoms with van der Waals surface area (Å²) in [7, 11) is 1.56. The van der Waals surface area contributed by atoms with Crippen molar-refractivity contribution in [3.05, 3.63) is 24.3 Å². The molecule has 0 saturated carbocycles. The molecule has 0 fully saturated rings. The average Bonchev–Trinajstić information content (AvgIpc) is 3.06. The molecule has 1 amide bonds. The van der Waals surface area contributed by atoms with Crippen molar-refractivity contribution in [3.63, 3.8) is 0 Å². The first-order valence-corrected chi connectivity index (χ1v) is 22.2. The van der Waals surface area contributed by atoms with E-state index < -0.39 is 20.0 Å². The minimum absolute atomic E-state index is 0.0579. The number of likely N-dealkylation sites (N-methyl/N-ethyl adjacent to an activating group) is 1. The second-order valence-electron chi connectivity index (χ2n) is 15.4. The fourth-order valence-corrected chi connectivity index (χ4v) is 6.56. The number of aliphatic hydroxyl groups excluding tert-OH is 1. The van der Waals surface area contributed by atoms with E-state index in [1.165, 1.54) is 122 Å². The zero-order valence-corrected chi connectivity index (χ0v) is 34.3. The van der Waals surface area contributed by atoms with Crippen LogP contribution in [0, 0.1) is 0 Å². The van der Waals surface area contributed by atoms with Gasteiger partial charge in [0, 0.05) is 6.42 Å². The van der Waals surface area contributed by atoms with Crippen LogP contribution >= 0.6 is 7.82 Å². The summed E-state index contributed by atoms with van der Waals surface area (Å²) in [4.78, 5) is 23.0. The first-order chi connectivity index (χ1) is 24.0. The van der Waals surface area contributed by atoms with Crippen LogP contribution in [0.5, 0.6) is 0 Å². The number of amides is 1. The van der Waals surface area contributed by atoms with Gasteiger partial charge in [-0.1, -0.05) is 167 Å². The van der Waals surface area contributed by atoms with Gasteiger partial charge in [-0.05, 0) is 32.1 Å². The summed E-state index contributed by atoms with van der Waals surface area (Å²) in [6.45, 7) is 4.77. The predicted octanol–water partition coefficient (Wildman–Crippen LogP) is 11.0. The summed E-state index contributed by atoms with van der Waals surface area (Å²) < 4.78 is 23.5. The van der Waals surface area contributed by atoms with Crippen LogP contribution in [0.15, 0.2) is 24.3 Å². The van der Waals surface area contributed by atoms with Gasteiger partial charge in [0.15, 0.2) is 0 Å². The number of nitrogens with zero attached hydrogens (tertiary/aromatic N) is 1. The van der Waals surface area contributed by atoms with Gasteiger partial charge < -0.3 is 19.8 Å². The van der Waals surface area contributed by atoms with Crippen molar-refractivity contribution in [2.24, 2.45) is 0 Å². The first kappa shape index (κ1) is 49.0. The zero-order valence-electron chi connectivity index (χ0n) is 33.4. The Bertz CT molecular complexity index is 876. The Morgan fingerprint density at radius 3 is 1.60 bits per heavy atom. The van der Waals surface area contributed by atoms with Gasteiger partial charge in [-0.3, -0.25) is 13.8 Å². The molecular formula is C41H82N2O6P+. The molecular weight excluding hydrogens is 647 g/mol. The molecule has 0 rings (SSSR count). The molecule has 0 aromatic carbocycles. The molecule has 3 N–H and O–H groups in total. The Kier molecular flexibility index (Phi) is 33.1. The third-order valence-corrected chi connectivity index (χ3v) is 10.2. The van der Waals surface area contributed by atoms with Crippen molar-refractivity contribution in [2.75, 3.05) is 40.9 Å². The molecule has 0 aliphatic rings. The third kappa shape index (κ3) is 35.4. The van der Waals surface area contributed by atoms with E-state index in [1.807, 2.05) is 27.2 Å². The van der Waals surface area contributed by atoms with E-state index >= 15 is 0 Å². The van der Waals surface area contributed by atoms with Gasteiger partial charge in [0.2, 0.25) is 5.91 Å². The van der Waals surface area contributed by atoms with Crippen molar-refractivity contribution >= 4 is 13.7 Å². The summed E-state index contributed by atoms with van der Waals surface area (Å²) in [5.74, 6) is -0.187. The highest BCUT2D eigenvalue weighted by molar-refractivity contribution is 7.47. The fraction of sp³-hybridized carbons (Fsp3) is 0.878. The van der Waals surface area contributed by atoms with Crippen LogP contribution in [0.25, 0.3) is 0 Å². The third-order valence-electron chi connectivity index (χ3n) is 9.17. The Morgan fingerprint density at radius 1 is 0.660 bits per heavy atom. The topological polar surface area (TPSA) is 105 Å². The molecule has 8 nitrogen and oxygen atoms in total. The van der Waals surface area contributed by atoms with E-state index in [1.54, 1.807) is 6.08 Å². The SMILES string of the molecule is CCCCCCCC/C=C/CC/C=C/C(O)C(COP(=O)(O)OCC[N+](C)(C)C)NC(=O)CCCCCCCCCCCCCCCCCC. The number of unbranched alkanes of at least 4 members (excludes halogenated alkanes) is 22. The van der Waals surface area contributed by atoms with Gasteiger partial charge in [0.25, 0.3) is 0 Å². The number of carbonyl (C=O) groups excluding carboxylic acids is 1. The number of allylic oxidation sites excluding steroid dienone is 3. The van der Waals surface area contributed by atoms with Gasteiger partial charge in [0.1, 0.15) is 13.2 Å². The summed E-state index contributed by atoms with van der Waals surface area (Å²) in [5.41, 5.74) is 0. The quantitative estimate of drug-likeness (QED) is 0.0254. The second-order valence-corrected chi connectivity index (χ2v) is 16.8. The molecule has 3 atom stereocenters. The predicted molar refractivity (Wildman–Crippen MR) is 212 cm³/mol. The number of aliphatic hydroxyl groups is 1. The molecule has 0 aliphatic heterocycles. The van der Waals surface area contributed by atoms with Crippen molar-refractivity contribution in [3.8, 4) is 0 Å². The van der Waals surface area contributed by atoms with Crippen molar-refractivity contribution < 1.29 is 32.9 Å². The van der Waals surface area contributed by atoms with E-state index in [0.29, 0.717) is 17.4 Å². The molecule has 0 bridgehead atoms. The summed E-state index contributed by atoms with van der Waals surface area (Å²) in [6.07, 6.45) is 38.1. The van der Waals surface area contributed by atoms with Gasteiger partial charge in [-0.15, -0.1) is 0 Å². The van der Waals surface area contributed by atoms with Gasteiger partial charge in [-0.25, -0.2) is 4.57 Å². The lowest BCUT2D eigenvalue weighted by Crippen LogP contribution is -2.45. The van der Waals surface area contributed by atoms with Gasteiger partial charge in [0.05, 0.1) is 39.9 Å². The van der Waals surface area contributed by atoms with Crippen LogP contribution in [0.3, 0.4) is 0 Å². The largest absolute Gasteiger partial charge is 0.472 e. The van der Waals surface area contributed by atoms with Crippen LogP contribution in [0.1, 0.15) is 181 Å². The van der Waals surface area contributed by atoms with Gasteiger partial charge in [-0.2, -0.15) is 0 Å². The molecule has 50 heavy (non-hydrogen) atoms. The number of rotatable bonds is 37. The van der Waals surface area contributed by atoms with Crippen molar-refractivity contribution in [1.29, 1.82) is 0 Å². The second kappa shape index (κ2) is 33.8. The standard InChI is InChI=1S/C41H81N2O6P/c1-6-8-10-12-14-16-18-20-21-22-23-25-27-29-31-33-35-41(45)42-39(38-49-50(46,47)48-37-36-43(3,4)5)40(44)34-32-30-28-26-24-19-17-15-13-11-9-7-2/h24,26,32,34,39-40,44H,6-23,25,27-31,33,35-38H2,1-5H3,(H-,42,45,46,47)/p+1/b26-24+,34-32+. The smallest absolute Gasteiger partial charge is 0.387 e. The number of phosphoric ester groups is 1. The van der Waals surface area contributed by atoms with Gasteiger partial charge >= 0.3 is 7.82 Å². The lowest BCUT2D eigenvalue weighted by molar-refractivity contribution is -0.870. The Balaban J connectivity index is 4.47. The van der Waals surface area contributed by atoms with E-state index in [2.05, 4.69) is 31.3 Å². The maximum Gasteiger partial charge on any atom is 0.472 e. The van der Waals surface area contributed by atoms with Crippen molar-refractivity contribution in [1.82, 2.24) is 5.32 Å². The minimum atomic E-state index is -4.33. The maximum absolute atomic E-state index is 12.8. The number of phosphoric acid groups is 1. The van der Waals surface area contributed by atoms with E-state index in [9.17, 15) is 19.4 Å². The van der Waals surface area contributed by atoms with Crippen LogP contribution < -0.4 is 5.32 Å². The minimum Gasteiger partial charge on any atom is -0.387 e. The molecule has 0 spiro atoms. The van der Waals surface area contributed by atoms with Crippen molar-refractivity contribution in [2.45, 2.75) is 193 Å². The molecule has 0 aromatic heterocycles. The molecule has 0 aliphatic carbocycles. The highest BCUT2D eigenvalue weighted by Gasteiger charge is 2.27. The molecule has 0 heterocycles. The molecule has 9 heteroatoms. The molecule has 0 aromatic rings. The number of nitrogens with one attached hydrogen (secondary N) is 1. The molecule has 0 saturated heterocycles. The molecule has 296 valence electrons. The van der Waals surface area contributed by atoms with E-state index in [-0.39, 0.29) is 19.1 Å². The van der Waals surface area contributed by atoms with Crippen LogP contribution in [0.2, 0.25) is 0 Å². The normalized spacial score (nSPS) is 14.8. The van der Waals surface area contributed by atoms with Crippen LogP contribution in [-0.4, -0.2) is 73.4 Å². The number of carbonyl (C=O) groups is 1. The summed E-state index contributed by atoms with van der Waals surface area (Å²) in [6, 6.07) is -0.856. The van der Waals surface area contributed by atoms with E-state index in [4.69, 9.17) is 9.05 Å². The fourth-order valence-electron chi connectivity index (χ4n) is 5.82. The van der Waals surface area contributed by atoms with Crippen LogP contribution in [-0.2, 0) is 18.4 Å². The lowest BCUT2D eigenvalue weighted by atomic mass is 10.0. The lowest BCUT2D eigenvalue weighted by Gasteiger charge is -2.25. The summed E-state index contributed by atoms with van der Waals surface area (Å²) >= 11 is 0. The Labute approximate surface area is 309 Å². The Morgan fingerprint density at radius 2 is 1.10 bits per heavy atom. The number of hydrogen-bond acceptors (Lipinski definition) is 5. The number of hydrogen-bond donors (Lipinski definition) is 3. The molecule has 0 radical (unpaired) electrons. The highest BCUT2D eigenvalue weighted by atomic mass is 31.2. The summed E-state index contributed by atoms with van der Waals surface area (Å²) in [5, 5.41) is 13.7.